The Kier molecular flexibility index (Phi) is 4.76. The standard InChI is InChI=1S/C20H26N2O2/c1-14-11-19(20(24)21-10-9-17(12-21)13-23)16(3)22(14)15(2)18-7-5-4-6-8-18/h4-8,11,15,17,23H,9-10,12-13H2,1-3H3. The summed E-state index contributed by atoms with van der Waals surface area (Å²) in [7, 11) is 0. The van der Waals surface area contributed by atoms with E-state index in [1.807, 2.05) is 36.1 Å². The summed E-state index contributed by atoms with van der Waals surface area (Å²) >= 11 is 0. The summed E-state index contributed by atoms with van der Waals surface area (Å²) in [4.78, 5) is 14.8. The molecule has 1 N–H and O–H groups in total. The van der Waals surface area contributed by atoms with Gasteiger partial charge < -0.3 is 14.6 Å². The quantitative estimate of drug-likeness (QED) is 0.938. The molecule has 2 aromatic rings. The molecule has 1 aliphatic rings. The van der Waals surface area contributed by atoms with Gasteiger partial charge in [0.2, 0.25) is 0 Å². The first-order valence-corrected chi connectivity index (χ1v) is 8.66. The number of rotatable bonds is 4. The minimum atomic E-state index is 0.0885. The first-order chi connectivity index (χ1) is 11.5. The van der Waals surface area contributed by atoms with E-state index in [9.17, 15) is 9.90 Å². The van der Waals surface area contributed by atoms with Gasteiger partial charge in [-0.1, -0.05) is 30.3 Å². The van der Waals surface area contributed by atoms with Gasteiger partial charge >= 0.3 is 0 Å². The molecule has 0 bridgehead atoms. The molecule has 4 nitrogen and oxygen atoms in total. The van der Waals surface area contributed by atoms with Gasteiger partial charge in [-0.25, -0.2) is 0 Å². The lowest BCUT2D eigenvalue weighted by atomic mass is 10.1. The van der Waals surface area contributed by atoms with Crippen LogP contribution in [0.5, 0.6) is 0 Å². The number of aliphatic hydroxyl groups is 1. The summed E-state index contributed by atoms with van der Waals surface area (Å²) in [5.41, 5.74) is 4.14. The second kappa shape index (κ2) is 6.81. The smallest absolute Gasteiger partial charge is 0.255 e. The van der Waals surface area contributed by atoms with Gasteiger partial charge in [-0.05, 0) is 38.8 Å². The van der Waals surface area contributed by atoms with Gasteiger partial charge in [0.15, 0.2) is 0 Å². The lowest BCUT2D eigenvalue weighted by molar-refractivity contribution is 0.0781. The molecule has 0 aliphatic carbocycles. The van der Waals surface area contributed by atoms with Gasteiger partial charge in [-0.3, -0.25) is 4.79 Å². The maximum Gasteiger partial charge on any atom is 0.255 e. The van der Waals surface area contributed by atoms with Crippen molar-refractivity contribution in [3.63, 3.8) is 0 Å². The molecule has 1 aliphatic heterocycles. The third-order valence-corrected chi connectivity index (χ3v) is 5.22. The molecule has 1 fully saturated rings. The number of aromatic nitrogens is 1. The van der Waals surface area contributed by atoms with Crippen molar-refractivity contribution in [1.29, 1.82) is 0 Å². The molecule has 128 valence electrons. The van der Waals surface area contributed by atoms with Gasteiger partial charge in [0.1, 0.15) is 0 Å². The Labute approximate surface area is 143 Å². The molecule has 2 heterocycles. The average molecular weight is 326 g/mol. The molecule has 1 aromatic carbocycles. The van der Waals surface area contributed by atoms with Gasteiger partial charge in [-0.15, -0.1) is 0 Å². The van der Waals surface area contributed by atoms with Crippen LogP contribution in [0.2, 0.25) is 0 Å². The number of benzene rings is 1. The molecule has 1 saturated heterocycles. The lowest BCUT2D eigenvalue weighted by Crippen LogP contribution is -2.29. The van der Waals surface area contributed by atoms with Gasteiger partial charge in [-0.2, -0.15) is 0 Å². The molecule has 3 rings (SSSR count). The van der Waals surface area contributed by atoms with E-state index in [2.05, 4.69) is 30.5 Å². The topological polar surface area (TPSA) is 45.5 Å². The van der Waals surface area contributed by atoms with Crippen molar-refractivity contribution in [2.24, 2.45) is 5.92 Å². The zero-order valence-electron chi connectivity index (χ0n) is 14.7. The number of carbonyl (C=O) groups excluding carboxylic acids is 1. The normalized spacial score (nSPS) is 18.8. The second-order valence-corrected chi connectivity index (χ2v) is 6.83. The molecule has 24 heavy (non-hydrogen) atoms. The van der Waals surface area contributed by atoms with Crippen LogP contribution in [0.4, 0.5) is 0 Å². The molecule has 4 heteroatoms. The predicted molar refractivity (Wildman–Crippen MR) is 95.3 cm³/mol. The number of aryl methyl sites for hydroxylation is 1. The molecular formula is C20H26N2O2. The Morgan fingerprint density at radius 1 is 1.29 bits per heavy atom. The van der Waals surface area contributed by atoms with Gasteiger partial charge in [0, 0.05) is 37.0 Å². The Bertz CT molecular complexity index is 721. The highest BCUT2D eigenvalue weighted by Crippen LogP contribution is 2.27. The van der Waals surface area contributed by atoms with Gasteiger partial charge in [0.05, 0.1) is 11.6 Å². The molecule has 1 aromatic heterocycles. The molecule has 2 atom stereocenters. The third-order valence-electron chi connectivity index (χ3n) is 5.22. The Balaban J connectivity index is 1.88. The van der Waals surface area contributed by atoms with E-state index in [0.717, 1.165) is 29.9 Å². The number of carbonyl (C=O) groups is 1. The van der Waals surface area contributed by atoms with Crippen molar-refractivity contribution >= 4 is 5.91 Å². The largest absolute Gasteiger partial charge is 0.396 e. The molecule has 1 amide bonds. The fraction of sp³-hybridized carbons (Fsp3) is 0.450. The van der Waals surface area contributed by atoms with Gasteiger partial charge in [0.25, 0.3) is 5.91 Å². The zero-order valence-corrected chi connectivity index (χ0v) is 14.7. The first-order valence-electron chi connectivity index (χ1n) is 8.66. The lowest BCUT2D eigenvalue weighted by Gasteiger charge is -2.20. The van der Waals surface area contributed by atoms with Crippen molar-refractivity contribution in [1.82, 2.24) is 9.47 Å². The number of aliphatic hydroxyl groups excluding tert-OH is 1. The Hall–Kier alpha value is -2.07. The van der Waals surface area contributed by atoms with Crippen molar-refractivity contribution in [2.75, 3.05) is 19.7 Å². The SMILES string of the molecule is Cc1cc(C(=O)N2CCC(CO)C2)c(C)n1C(C)c1ccccc1. The van der Waals surface area contributed by atoms with Crippen molar-refractivity contribution in [3.8, 4) is 0 Å². The van der Waals surface area contributed by atoms with E-state index in [1.165, 1.54) is 5.56 Å². The van der Waals surface area contributed by atoms with Crippen LogP contribution < -0.4 is 0 Å². The highest BCUT2D eigenvalue weighted by Gasteiger charge is 2.29. The third kappa shape index (κ3) is 2.98. The molecule has 0 saturated carbocycles. The van der Waals surface area contributed by atoms with E-state index in [4.69, 9.17) is 0 Å². The monoisotopic (exact) mass is 326 g/mol. The summed E-state index contributed by atoms with van der Waals surface area (Å²) < 4.78 is 2.24. The summed E-state index contributed by atoms with van der Waals surface area (Å²) in [6.45, 7) is 7.81. The van der Waals surface area contributed by atoms with Crippen LogP contribution in [-0.4, -0.2) is 40.2 Å². The zero-order chi connectivity index (χ0) is 17.3. The fourth-order valence-corrected chi connectivity index (χ4v) is 3.81. The molecule has 0 radical (unpaired) electrons. The van der Waals surface area contributed by atoms with Crippen molar-refractivity contribution in [2.45, 2.75) is 33.2 Å². The van der Waals surface area contributed by atoms with Crippen LogP contribution in [-0.2, 0) is 0 Å². The van der Waals surface area contributed by atoms with E-state index >= 15 is 0 Å². The van der Waals surface area contributed by atoms with E-state index in [0.29, 0.717) is 6.54 Å². The fourth-order valence-electron chi connectivity index (χ4n) is 3.81. The number of hydrogen-bond donors (Lipinski definition) is 1. The summed E-state index contributed by atoms with van der Waals surface area (Å²) in [5.74, 6) is 0.311. The summed E-state index contributed by atoms with van der Waals surface area (Å²) in [6.07, 6.45) is 0.890. The highest BCUT2D eigenvalue weighted by atomic mass is 16.3. The maximum absolute atomic E-state index is 12.9. The minimum Gasteiger partial charge on any atom is -0.396 e. The number of likely N-dealkylation sites (tertiary alicyclic amines) is 1. The van der Waals surface area contributed by atoms with Crippen LogP contribution in [0, 0.1) is 19.8 Å². The van der Waals surface area contributed by atoms with Crippen LogP contribution in [0.3, 0.4) is 0 Å². The maximum atomic E-state index is 12.9. The van der Waals surface area contributed by atoms with Crippen LogP contribution >= 0.6 is 0 Å². The number of hydrogen-bond acceptors (Lipinski definition) is 2. The Morgan fingerprint density at radius 3 is 2.62 bits per heavy atom. The van der Waals surface area contributed by atoms with E-state index in [-0.39, 0.29) is 24.5 Å². The summed E-state index contributed by atoms with van der Waals surface area (Å²) in [6, 6.07) is 12.6. The second-order valence-electron chi connectivity index (χ2n) is 6.83. The van der Waals surface area contributed by atoms with Crippen LogP contribution in [0.15, 0.2) is 36.4 Å². The molecule has 2 unspecified atom stereocenters. The molecular weight excluding hydrogens is 300 g/mol. The van der Waals surface area contributed by atoms with E-state index in [1.54, 1.807) is 0 Å². The van der Waals surface area contributed by atoms with Crippen molar-refractivity contribution < 1.29 is 9.90 Å². The first kappa shape index (κ1) is 16.8. The minimum absolute atomic E-state index is 0.0885. The highest BCUT2D eigenvalue weighted by molar-refractivity contribution is 5.96. The molecule has 0 spiro atoms. The number of amides is 1. The number of nitrogens with zero attached hydrogens (tertiary/aromatic N) is 2. The predicted octanol–water partition coefficient (Wildman–Crippen LogP) is 3.17. The van der Waals surface area contributed by atoms with Crippen molar-refractivity contribution in [3.05, 3.63) is 58.9 Å². The Morgan fingerprint density at radius 2 is 2.00 bits per heavy atom. The van der Waals surface area contributed by atoms with Crippen LogP contribution in [0.25, 0.3) is 0 Å². The van der Waals surface area contributed by atoms with E-state index < -0.39 is 0 Å². The summed E-state index contributed by atoms with van der Waals surface area (Å²) in [5, 5.41) is 9.30. The average Bonchev–Trinajstić information content (AvgIpc) is 3.19. The van der Waals surface area contributed by atoms with Crippen LogP contribution in [0.1, 0.15) is 46.7 Å².